The fourth-order valence-corrected chi connectivity index (χ4v) is 5.18. The van der Waals surface area contributed by atoms with Crippen LogP contribution < -0.4 is 11.1 Å². The number of nitrogens with one attached hydrogen (secondary N) is 1. The molecule has 3 N–H and O–H groups in total. The number of rotatable bonds is 7. The molecule has 9 heteroatoms. The molecule has 0 saturated carbocycles. The van der Waals surface area contributed by atoms with Crippen LogP contribution in [-0.2, 0) is 5.75 Å². The third-order valence-electron chi connectivity index (χ3n) is 3.99. The standard InChI is InChI=1S/C20H17N5OS3/c1-12-3-2-4-15(9-12)23-19-24-25-20(29-19)28-11-16-10-27-18(22-16)14-7-5-13(6-8-14)17(21)26/h2-10H,11H2,1H3,(H2,21,26)(H,23,24). The van der Waals surface area contributed by atoms with E-state index in [1.54, 1.807) is 35.2 Å². The summed E-state index contributed by atoms with van der Waals surface area (Å²) in [6.07, 6.45) is 0. The first-order chi connectivity index (χ1) is 14.1. The topological polar surface area (TPSA) is 93.8 Å². The number of carbonyl (C=O) groups excluding carboxylic acids is 1. The highest BCUT2D eigenvalue weighted by Gasteiger charge is 2.09. The number of anilines is 2. The fourth-order valence-electron chi connectivity index (χ4n) is 2.58. The fraction of sp³-hybridized carbons (Fsp3) is 0.100. The second kappa shape index (κ2) is 8.73. The predicted octanol–water partition coefficient (Wildman–Crippen LogP) is 5.10. The van der Waals surface area contributed by atoms with Crippen LogP contribution in [0.25, 0.3) is 10.6 Å². The van der Waals surface area contributed by atoms with Gasteiger partial charge in [-0.3, -0.25) is 4.79 Å². The van der Waals surface area contributed by atoms with Crippen molar-refractivity contribution in [2.24, 2.45) is 5.73 Å². The molecule has 2 heterocycles. The molecule has 0 atom stereocenters. The molecule has 2 aromatic heterocycles. The Bertz CT molecular complexity index is 1140. The molecular formula is C20H17N5OS3. The average molecular weight is 440 g/mol. The minimum atomic E-state index is -0.430. The molecule has 0 aliphatic rings. The lowest BCUT2D eigenvalue weighted by Gasteiger charge is -2.01. The van der Waals surface area contributed by atoms with Crippen molar-refractivity contribution in [3.05, 3.63) is 70.7 Å². The second-order valence-corrected chi connectivity index (χ2v) is 9.30. The first-order valence-electron chi connectivity index (χ1n) is 8.71. The highest BCUT2D eigenvalue weighted by molar-refractivity contribution is 8.00. The van der Waals surface area contributed by atoms with E-state index in [1.165, 1.54) is 16.9 Å². The molecule has 0 fully saturated rings. The van der Waals surface area contributed by atoms with E-state index in [0.717, 1.165) is 37.2 Å². The van der Waals surface area contributed by atoms with Gasteiger partial charge in [0.15, 0.2) is 4.34 Å². The Morgan fingerprint density at radius 2 is 2.00 bits per heavy atom. The van der Waals surface area contributed by atoms with Crippen LogP contribution in [0, 0.1) is 6.92 Å². The third-order valence-corrected chi connectivity index (χ3v) is 6.93. The SMILES string of the molecule is Cc1cccc(Nc2nnc(SCc3csc(-c4ccc(C(N)=O)cc4)n3)s2)c1. The van der Waals surface area contributed by atoms with E-state index >= 15 is 0 Å². The van der Waals surface area contributed by atoms with Gasteiger partial charge >= 0.3 is 0 Å². The third kappa shape index (κ3) is 5.00. The van der Waals surface area contributed by atoms with Crippen LogP contribution in [0.2, 0.25) is 0 Å². The van der Waals surface area contributed by atoms with Crippen molar-refractivity contribution < 1.29 is 4.79 Å². The van der Waals surface area contributed by atoms with Gasteiger partial charge < -0.3 is 11.1 Å². The van der Waals surface area contributed by atoms with Crippen molar-refractivity contribution in [3.63, 3.8) is 0 Å². The van der Waals surface area contributed by atoms with Gasteiger partial charge in [0.1, 0.15) is 5.01 Å². The average Bonchev–Trinajstić information content (AvgIpc) is 3.36. The zero-order chi connectivity index (χ0) is 20.2. The quantitative estimate of drug-likeness (QED) is 0.389. The normalized spacial score (nSPS) is 10.8. The number of primary amides is 1. The lowest BCUT2D eigenvalue weighted by atomic mass is 10.1. The smallest absolute Gasteiger partial charge is 0.248 e. The van der Waals surface area contributed by atoms with Gasteiger partial charge in [-0.1, -0.05) is 47.4 Å². The zero-order valence-electron chi connectivity index (χ0n) is 15.5. The monoisotopic (exact) mass is 439 g/mol. The highest BCUT2D eigenvalue weighted by Crippen LogP contribution is 2.31. The molecule has 0 unspecified atom stereocenters. The van der Waals surface area contributed by atoms with E-state index in [2.05, 4.69) is 39.6 Å². The summed E-state index contributed by atoms with van der Waals surface area (Å²) < 4.78 is 0.889. The number of carbonyl (C=O) groups is 1. The van der Waals surface area contributed by atoms with Crippen LogP contribution in [-0.4, -0.2) is 21.1 Å². The summed E-state index contributed by atoms with van der Waals surface area (Å²) >= 11 is 4.71. The van der Waals surface area contributed by atoms with E-state index in [1.807, 2.05) is 29.6 Å². The maximum atomic E-state index is 11.2. The molecule has 146 valence electrons. The molecule has 4 aromatic rings. The van der Waals surface area contributed by atoms with Gasteiger partial charge in [-0.05, 0) is 36.8 Å². The Kier molecular flexibility index (Phi) is 5.89. The van der Waals surface area contributed by atoms with Crippen molar-refractivity contribution in [2.75, 3.05) is 5.32 Å². The largest absolute Gasteiger partial charge is 0.366 e. The van der Waals surface area contributed by atoms with Crippen LogP contribution in [0.3, 0.4) is 0 Å². The van der Waals surface area contributed by atoms with Gasteiger partial charge in [-0.15, -0.1) is 21.5 Å². The van der Waals surface area contributed by atoms with Crippen LogP contribution >= 0.6 is 34.4 Å². The molecule has 0 spiro atoms. The second-order valence-electron chi connectivity index (χ2n) is 6.24. The number of aromatic nitrogens is 3. The van der Waals surface area contributed by atoms with Crippen molar-refractivity contribution in [2.45, 2.75) is 17.0 Å². The molecule has 1 amide bonds. The van der Waals surface area contributed by atoms with Crippen molar-refractivity contribution in [1.82, 2.24) is 15.2 Å². The number of nitrogens with zero attached hydrogens (tertiary/aromatic N) is 3. The van der Waals surface area contributed by atoms with Gasteiger partial charge in [-0.25, -0.2) is 4.98 Å². The molecule has 29 heavy (non-hydrogen) atoms. The lowest BCUT2D eigenvalue weighted by Crippen LogP contribution is -2.10. The molecule has 4 rings (SSSR count). The van der Waals surface area contributed by atoms with Crippen LogP contribution in [0.1, 0.15) is 21.6 Å². The van der Waals surface area contributed by atoms with Crippen LogP contribution in [0.15, 0.2) is 58.3 Å². The summed E-state index contributed by atoms with van der Waals surface area (Å²) in [5.74, 6) is 0.288. The Morgan fingerprint density at radius 1 is 1.17 bits per heavy atom. The molecule has 0 bridgehead atoms. The Balaban J connectivity index is 1.36. The summed E-state index contributed by atoms with van der Waals surface area (Å²) in [6.45, 7) is 2.06. The van der Waals surface area contributed by atoms with Crippen molar-refractivity contribution in [3.8, 4) is 10.6 Å². The number of nitrogens with two attached hydrogens (primary N) is 1. The lowest BCUT2D eigenvalue weighted by molar-refractivity contribution is 0.100. The Morgan fingerprint density at radius 3 is 2.76 bits per heavy atom. The number of hydrogen-bond donors (Lipinski definition) is 2. The first kappa shape index (κ1) is 19.6. The minimum absolute atomic E-state index is 0.430. The van der Waals surface area contributed by atoms with E-state index in [9.17, 15) is 4.79 Å². The van der Waals surface area contributed by atoms with Gasteiger partial charge in [0, 0.05) is 27.9 Å². The summed E-state index contributed by atoms with van der Waals surface area (Å²) in [4.78, 5) is 15.9. The summed E-state index contributed by atoms with van der Waals surface area (Å²) in [6, 6.07) is 15.3. The molecular weight excluding hydrogens is 422 g/mol. The molecule has 6 nitrogen and oxygen atoms in total. The Hall–Kier alpha value is -2.75. The summed E-state index contributed by atoms with van der Waals surface area (Å²) in [5, 5.41) is 15.5. The number of amides is 1. The number of thioether (sulfide) groups is 1. The number of benzene rings is 2. The van der Waals surface area contributed by atoms with E-state index in [-0.39, 0.29) is 0 Å². The van der Waals surface area contributed by atoms with E-state index < -0.39 is 5.91 Å². The summed E-state index contributed by atoms with van der Waals surface area (Å²) in [5.41, 5.74) is 9.93. The number of thiazole rings is 1. The highest BCUT2D eigenvalue weighted by atomic mass is 32.2. The van der Waals surface area contributed by atoms with E-state index in [0.29, 0.717) is 5.56 Å². The van der Waals surface area contributed by atoms with E-state index in [4.69, 9.17) is 5.73 Å². The van der Waals surface area contributed by atoms with Crippen LogP contribution in [0.4, 0.5) is 10.8 Å². The maximum Gasteiger partial charge on any atom is 0.248 e. The van der Waals surface area contributed by atoms with Crippen molar-refractivity contribution >= 4 is 51.2 Å². The Labute approximate surface area is 180 Å². The zero-order valence-corrected chi connectivity index (χ0v) is 17.9. The van der Waals surface area contributed by atoms with Crippen LogP contribution in [0.5, 0.6) is 0 Å². The first-order valence-corrected chi connectivity index (χ1v) is 11.4. The number of aryl methyl sites for hydroxylation is 1. The summed E-state index contributed by atoms with van der Waals surface area (Å²) in [7, 11) is 0. The molecule has 0 aliphatic heterocycles. The predicted molar refractivity (Wildman–Crippen MR) is 120 cm³/mol. The number of hydrogen-bond acceptors (Lipinski definition) is 8. The van der Waals surface area contributed by atoms with Gasteiger partial charge in [0.25, 0.3) is 0 Å². The minimum Gasteiger partial charge on any atom is -0.366 e. The van der Waals surface area contributed by atoms with Gasteiger partial charge in [0.05, 0.1) is 5.69 Å². The molecule has 0 aliphatic carbocycles. The van der Waals surface area contributed by atoms with Gasteiger partial charge in [0.2, 0.25) is 11.0 Å². The molecule has 0 saturated heterocycles. The molecule has 0 radical (unpaired) electrons. The molecule has 2 aromatic carbocycles. The van der Waals surface area contributed by atoms with Gasteiger partial charge in [-0.2, -0.15) is 0 Å². The van der Waals surface area contributed by atoms with Crippen molar-refractivity contribution in [1.29, 1.82) is 0 Å². The maximum absolute atomic E-state index is 11.2.